The van der Waals surface area contributed by atoms with Gasteiger partial charge in [-0.15, -0.1) is 0 Å². The molecule has 1 fully saturated rings. The molecule has 0 aliphatic carbocycles. The third-order valence-corrected chi connectivity index (χ3v) is 2.94. The van der Waals surface area contributed by atoms with Gasteiger partial charge in [0.25, 0.3) is 0 Å². The van der Waals surface area contributed by atoms with Gasteiger partial charge in [0.15, 0.2) is 0 Å². The Labute approximate surface area is 96.1 Å². The van der Waals surface area contributed by atoms with Crippen LogP contribution >= 0.6 is 0 Å². The summed E-state index contributed by atoms with van der Waals surface area (Å²) in [5.41, 5.74) is 5.25. The number of primary amides is 1. The third kappa shape index (κ3) is 3.48. The fourth-order valence-electron chi connectivity index (χ4n) is 1.91. The average Bonchev–Trinajstić information content (AvgIpc) is 2.25. The largest absolute Gasteiger partial charge is 0.368 e. The summed E-state index contributed by atoms with van der Waals surface area (Å²) in [5.74, 6) is -0.538. The predicted molar refractivity (Wildman–Crippen MR) is 61.6 cm³/mol. The van der Waals surface area contributed by atoms with Crippen molar-refractivity contribution in [3.8, 4) is 0 Å². The lowest BCUT2D eigenvalue weighted by Crippen LogP contribution is -2.51. The Morgan fingerprint density at radius 1 is 1.44 bits per heavy atom. The van der Waals surface area contributed by atoms with Crippen LogP contribution in [0.25, 0.3) is 0 Å². The van der Waals surface area contributed by atoms with E-state index < -0.39 is 11.9 Å². The maximum absolute atomic E-state index is 11.9. The SMILES string of the molecule is CC(C)C(NC(=O)[C@@H]1CCCNC1)C(N)=O. The topological polar surface area (TPSA) is 84.2 Å². The van der Waals surface area contributed by atoms with Gasteiger partial charge in [0.05, 0.1) is 5.92 Å². The van der Waals surface area contributed by atoms with Crippen LogP contribution in [-0.4, -0.2) is 30.9 Å². The molecule has 0 spiro atoms. The number of piperidine rings is 1. The van der Waals surface area contributed by atoms with E-state index in [2.05, 4.69) is 10.6 Å². The molecule has 0 aromatic carbocycles. The molecule has 92 valence electrons. The van der Waals surface area contributed by atoms with Gasteiger partial charge in [-0.2, -0.15) is 0 Å². The first-order valence-electron chi connectivity index (χ1n) is 5.82. The van der Waals surface area contributed by atoms with Crippen LogP contribution < -0.4 is 16.4 Å². The molecule has 2 amide bonds. The fourth-order valence-corrected chi connectivity index (χ4v) is 1.91. The lowest BCUT2D eigenvalue weighted by Gasteiger charge is -2.25. The highest BCUT2D eigenvalue weighted by molar-refractivity contribution is 5.87. The van der Waals surface area contributed by atoms with Gasteiger partial charge in [0, 0.05) is 6.54 Å². The summed E-state index contributed by atoms with van der Waals surface area (Å²) in [6.45, 7) is 5.40. The molecule has 1 saturated heterocycles. The molecule has 5 nitrogen and oxygen atoms in total. The maximum atomic E-state index is 11.9. The number of carbonyl (C=O) groups is 2. The summed E-state index contributed by atoms with van der Waals surface area (Å²) in [5, 5.41) is 5.90. The van der Waals surface area contributed by atoms with E-state index in [4.69, 9.17) is 5.73 Å². The summed E-state index contributed by atoms with van der Waals surface area (Å²) < 4.78 is 0. The van der Waals surface area contributed by atoms with Crippen LogP contribution in [0.3, 0.4) is 0 Å². The highest BCUT2D eigenvalue weighted by Crippen LogP contribution is 2.11. The summed E-state index contributed by atoms with van der Waals surface area (Å²) in [7, 11) is 0. The van der Waals surface area contributed by atoms with E-state index in [1.165, 1.54) is 0 Å². The van der Waals surface area contributed by atoms with E-state index >= 15 is 0 Å². The molecule has 0 aromatic rings. The highest BCUT2D eigenvalue weighted by Gasteiger charge is 2.26. The molecule has 1 unspecified atom stereocenters. The first-order chi connectivity index (χ1) is 7.52. The Bertz CT molecular complexity index is 260. The Morgan fingerprint density at radius 2 is 2.12 bits per heavy atom. The van der Waals surface area contributed by atoms with Gasteiger partial charge in [0.2, 0.25) is 11.8 Å². The van der Waals surface area contributed by atoms with Crippen molar-refractivity contribution < 1.29 is 9.59 Å². The Balaban J connectivity index is 2.50. The average molecular weight is 227 g/mol. The second-order valence-electron chi connectivity index (χ2n) is 4.68. The van der Waals surface area contributed by atoms with Gasteiger partial charge >= 0.3 is 0 Å². The fraction of sp³-hybridized carbons (Fsp3) is 0.818. The summed E-state index contributed by atoms with van der Waals surface area (Å²) in [6, 6.07) is -0.561. The second kappa shape index (κ2) is 5.84. The number of hydrogen-bond acceptors (Lipinski definition) is 3. The van der Waals surface area contributed by atoms with E-state index in [1.54, 1.807) is 0 Å². The van der Waals surface area contributed by atoms with Crippen molar-refractivity contribution in [3.05, 3.63) is 0 Å². The van der Waals surface area contributed by atoms with E-state index in [9.17, 15) is 9.59 Å². The molecule has 0 bridgehead atoms. The quantitative estimate of drug-likeness (QED) is 0.611. The minimum Gasteiger partial charge on any atom is -0.368 e. The zero-order valence-electron chi connectivity index (χ0n) is 9.95. The van der Waals surface area contributed by atoms with Gasteiger partial charge in [-0.3, -0.25) is 9.59 Å². The second-order valence-corrected chi connectivity index (χ2v) is 4.68. The summed E-state index contributed by atoms with van der Waals surface area (Å²) in [4.78, 5) is 23.0. The number of amides is 2. The predicted octanol–water partition coefficient (Wildman–Crippen LogP) is -0.388. The molecule has 2 atom stereocenters. The van der Waals surface area contributed by atoms with Crippen LogP contribution in [0.1, 0.15) is 26.7 Å². The lowest BCUT2D eigenvalue weighted by atomic mass is 9.97. The molecular weight excluding hydrogens is 206 g/mol. The van der Waals surface area contributed by atoms with E-state index in [1.807, 2.05) is 13.8 Å². The minimum absolute atomic E-state index is 0.0259. The smallest absolute Gasteiger partial charge is 0.240 e. The van der Waals surface area contributed by atoms with Crippen molar-refractivity contribution in [1.82, 2.24) is 10.6 Å². The van der Waals surface area contributed by atoms with Crippen LogP contribution in [0.2, 0.25) is 0 Å². The van der Waals surface area contributed by atoms with E-state index in [0.29, 0.717) is 6.54 Å². The molecule has 5 heteroatoms. The van der Waals surface area contributed by atoms with E-state index in [0.717, 1.165) is 19.4 Å². The molecule has 1 heterocycles. The molecule has 0 saturated carbocycles. The molecule has 0 aromatic heterocycles. The molecule has 4 N–H and O–H groups in total. The molecule has 0 radical (unpaired) electrons. The van der Waals surface area contributed by atoms with E-state index in [-0.39, 0.29) is 17.7 Å². The number of hydrogen-bond donors (Lipinski definition) is 3. The first-order valence-corrected chi connectivity index (χ1v) is 5.82. The van der Waals surface area contributed by atoms with Crippen LogP contribution in [-0.2, 0) is 9.59 Å². The number of nitrogens with one attached hydrogen (secondary N) is 2. The van der Waals surface area contributed by atoms with Gasteiger partial charge in [-0.25, -0.2) is 0 Å². The maximum Gasteiger partial charge on any atom is 0.240 e. The number of carbonyl (C=O) groups excluding carboxylic acids is 2. The zero-order valence-corrected chi connectivity index (χ0v) is 9.95. The molecule has 1 aliphatic rings. The van der Waals surface area contributed by atoms with Crippen LogP contribution in [0.5, 0.6) is 0 Å². The standard InChI is InChI=1S/C11H21N3O2/c1-7(2)9(10(12)15)14-11(16)8-4-3-5-13-6-8/h7-9,13H,3-6H2,1-2H3,(H2,12,15)(H,14,16)/t8-,9?/m1/s1. The lowest BCUT2D eigenvalue weighted by molar-refractivity contribution is -0.131. The normalized spacial score (nSPS) is 22.8. The molecular formula is C11H21N3O2. The Hall–Kier alpha value is -1.10. The highest BCUT2D eigenvalue weighted by atomic mass is 16.2. The van der Waals surface area contributed by atoms with Crippen molar-refractivity contribution in [2.24, 2.45) is 17.6 Å². The van der Waals surface area contributed by atoms with Crippen molar-refractivity contribution in [2.45, 2.75) is 32.7 Å². The summed E-state index contributed by atoms with van der Waals surface area (Å²) in [6.07, 6.45) is 1.88. The first kappa shape index (κ1) is 13.0. The third-order valence-electron chi connectivity index (χ3n) is 2.94. The van der Waals surface area contributed by atoms with Gasteiger partial charge in [-0.1, -0.05) is 13.8 Å². The van der Waals surface area contributed by atoms with Crippen LogP contribution in [0.15, 0.2) is 0 Å². The zero-order chi connectivity index (χ0) is 12.1. The van der Waals surface area contributed by atoms with Gasteiger partial charge in [0.1, 0.15) is 6.04 Å². The Morgan fingerprint density at radius 3 is 2.56 bits per heavy atom. The van der Waals surface area contributed by atoms with Crippen LogP contribution in [0.4, 0.5) is 0 Å². The molecule has 16 heavy (non-hydrogen) atoms. The number of rotatable bonds is 4. The van der Waals surface area contributed by atoms with Gasteiger partial charge < -0.3 is 16.4 Å². The van der Waals surface area contributed by atoms with Crippen molar-refractivity contribution in [3.63, 3.8) is 0 Å². The van der Waals surface area contributed by atoms with Crippen LogP contribution in [0, 0.1) is 11.8 Å². The van der Waals surface area contributed by atoms with Crippen molar-refractivity contribution >= 4 is 11.8 Å². The number of nitrogens with two attached hydrogens (primary N) is 1. The minimum atomic E-state index is -0.561. The van der Waals surface area contributed by atoms with Gasteiger partial charge in [-0.05, 0) is 25.3 Å². The van der Waals surface area contributed by atoms with Crippen molar-refractivity contribution in [2.75, 3.05) is 13.1 Å². The molecule has 1 rings (SSSR count). The van der Waals surface area contributed by atoms with Crippen molar-refractivity contribution in [1.29, 1.82) is 0 Å². The molecule has 1 aliphatic heterocycles. The Kier molecular flexibility index (Phi) is 4.73. The summed E-state index contributed by atoms with van der Waals surface area (Å²) >= 11 is 0. The monoisotopic (exact) mass is 227 g/mol.